The van der Waals surface area contributed by atoms with Gasteiger partial charge >= 0.3 is 0 Å². The summed E-state index contributed by atoms with van der Waals surface area (Å²) < 4.78 is 0. The molecule has 0 aliphatic rings. The third-order valence-corrected chi connectivity index (χ3v) is 3.27. The average Bonchev–Trinajstić information content (AvgIpc) is 2.39. The van der Waals surface area contributed by atoms with Crippen LogP contribution >= 0.6 is 0 Å². The Morgan fingerprint density at radius 3 is 2.41 bits per heavy atom. The fourth-order valence-electron chi connectivity index (χ4n) is 2.09. The van der Waals surface area contributed by atoms with E-state index in [2.05, 4.69) is 32.0 Å². The van der Waals surface area contributed by atoms with E-state index in [1.165, 1.54) is 11.1 Å². The number of hydrogen-bond donors (Lipinski definition) is 1. The minimum Gasteiger partial charge on any atom is -0.508 e. The fourth-order valence-corrected chi connectivity index (χ4v) is 2.09. The Morgan fingerprint density at radius 1 is 1.06 bits per heavy atom. The highest BCUT2D eigenvalue weighted by atomic mass is 16.3. The summed E-state index contributed by atoms with van der Waals surface area (Å²) in [5.41, 5.74) is 3.51. The zero-order valence-electron chi connectivity index (χ0n) is 10.4. The number of benzene rings is 2. The SMILES string of the molecule is CCc1ccc(O)c([C@@H](C)c2ccccc2)c1. The molecule has 1 N–H and O–H groups in total. The first-order valence-corrected chi connectivity index (χ1v) is 6.09. The van der Waals surface area contributed by atoms with Gasteiger partial charge in [0.05, 0.1) is 0 Å². The molecule has 0 aliphatic heterocycles. The molecule has 17 heavy (non-hydrogen) atoms. The number of hydrogen-bond acceptors (Lipinski definition) is 1. The fraction of sp³-hybridized carbons (Fsp3) is 0.250. The van der Waals surface area contributed by atoms with Crippen LogP contribution in [-0.2, 0) is 6.42 Å². The summed E-state index contributed by atoms with van der Waals surface area (Å²) in [5.74, 6) is 0.612. The zero-order valence-corrected chi connectivity index (χ0v) is 10.4. The number of aromatic hydroxyl groups is 1. The van der Waals surface area contributed by atoms with Crippen molar-refractivity contribution in [3.8, 4) is 5.75 Å². The van der Waals surface area contributed by atoms with Gasteiger partial charge in [0.2, 0.25) is 0 Å². The molecule has 0 saturated heterocycles. The summed E-state index contributed by atoms with van der Waals surface area (Å²) >= 11 is 0. The predicted octanol–water partition coefficient (Wildman–Crippen LogP) is 4.11. The van der Waals surface area contributed by atoms with Crippen molar-refractivity contribution in [2.75, 3.05) is 0 Å². The van der Waals surface area contributed by atoms with E-state index in [1.807, 2.05) is 24.3 Å². The molecule has 0 aromatic heterocycles. The van der Waals surface area contributed by atoms with Gasteiger partial charge in [-0.1, -0.05) is 56.3 Å². The van der Waals surface area contributed by atoms with Gasteiger partial charge in [-0.3, -0.25) is 0 Å². The first-order chi connectivity index (χ1) is 8.22. The van der Waals surface area contributed by atoms with E-state index in [4.69, 9.17) is 0 Å². The molecule has 0 unspecified atom stereocenters. The molecule has 0 saturated carbocycles. The van der Waals surface area contributed by atoms with Crippen LogP contribution in [0, 0.1) is 0 Å². The van der Waals surface area contributed by atoms with Crippen LogP contribution < -0.4 is 0 Å². The second-order valence-corrected chi connectivity index (χ2v) is 4.38. The van der Waals surface area contributed by atoms with Gasteiger partial charge < -0.3 is 5.11 Å². The van der Waals surface area contributed by atoms with Crippen molar-refractivity contribution < 1.29 is 5.11 Å². The third-order valence-electron chi connectivity index (χ3n) is 3.27. The van der Waals surface area contributed by atoms with E-state index in [0.29, 0.717) is 5.75 Å². The molecule has 1 heteroatoms. The maximum absolute atomic E-state index is 9.96. The Labute approximate surface area is 103 Å². The van der Waals surface area contributed by atoms with Crippen LogP contribution in [0.2, 0.25) is 0 Å². The molecular weight excluding hydrogens is 208 g/mol. The minimum atomic E-state index is 0.225. The number of phenols is 1. The van der Waals surface area contributed by atoms with Crippen LogP contribution in [0.4, 0.5) is 0 Å². The van der Waals surface area contributed by atoms with Crippen LogP contribution in [0.15, 0.2) is 48.5 Å². The molecule has 1 nitrogen and oxygen atoms in total. The van der Waals surface area contributed by atoms with Gasteiger partial charge in [0.1, 0.15) is 5.75 Å². The number of aryl methyl sites for hydroxylation is 1. The zero-order chi connectivity index (χ0) is 12.3. The highest BCUT2D eigenvalue weighted by molar-refractivity contribution is 5.43. The second kappa shape index (κ2) is 5.05. The van der Waals surface area contributed by atoms with Gasteiger partial charge in [-0.15, -0.1) is 0 Å². The lowest BCUT2D eigenvalue weighted by atomic mass is 9.91. The molecule has 1 atom stereocenters. The van der Waals surface area contributed by atoms with Crippen molar-refractivity contribution in [1.82, 2.24) is 0 Å². The first-order valence-electron chi connectivity index (χ1n) is 6.09. The molecule has 0 amide bonds. The average molecular weight is 226 g/mol. The molecular formula is C16H18O. The smallest absolute Gasteiger partial charge is 0.119 e. The molecule has 0 aliphatic carbocycles. The summed E-state index contributed by atoms with van der Waals surface area (Å²) in [6.45, 7) is 4.26. The highest BCUT2D eigenvalue weighted by Crippen LogP contribution is 2.31. The highest BCUT2D eigenvalue weighted by Gasteiger charge is 2.12. The Kier molecular flexibility index (Phi) is 3.48. The van der Waals surface area contributed by atoms with Crippen molar-refractivity contribution in [1.29, 1.82) is 0 Å². The van der Waals surface area contributed by atoms with Crippen LogP contribution in [0.3, 0.4) is 0 Å². The lowest BCUT2D eigenvalue weighted by molar-refractivity contribution is 0.466. The van der Waals surface area contributed by atoms with E-state index in [1.54, 1.807) is 6.07 Å². The van der Waals surface area contributed by atoms with Gasteiger partial charge in [0, 0.05) is 11.5 Å². The Bertz CT molecular complexity index is 488. The molecule has 2 aromatic carbocycles. The normalized spacial score (nSPS) is 12.4. The maximum atomic E-state index is 9.96. The standard InChI is InChI=1S/C16H18O/c1-3-13-9-10-16(17)15(11-13)12(2)14-7-5-4-6-8-14/h4-12,17H,3H2,1-2H3/t12-/m0/s1. The lowest BCUT2D eigenvalue weighted by Crippen LogP contribution is -1.97. The first kappa shape index (κ1) is 11.7. The van der Waals surface area contributed by atoms with Gasteiger partial charge in [-0.2, -0.15) is 0 Å². The van der Waals surface area contributed by atoms with Gasteiger partial charge in [0.25, 0.3) is 0 Å². The maximum Gasteiger partial charge on any atom is 0.119 e. The molecule has 88 valence electrons. The van der Waals surface area contributed by atoms with Crippen molar-refractivity contribution in [2.24, 2.45) is 0 Å². The van der Waals surface area contributed by atoms with Crippen LogP contribution in [0.25, 0.3) is 0 Å². The van der Waals surface area contributed by atoms with Gasteiger partial charge in [-0.25, -0.2) is 0 Å². The minimum absolute atomic E-state index is 0.225. The summed E-state index contributed by atoms with van der Waals surface area (Å²) in [7, 11) is 0. The topological polar surface area (TPSA) is 20.2 Å². The van der Waals surface area contributed by atoms with Gasteiger partial charge in [-0.05, 0) is 23.6 Å². The Balaban J connectivity index is 2.40. The molecule has 0 fully saturated rings. The number of phenolic OH excluding ortho intramolecular Hbond substituents is 1. The third kappa shape index (κ3) is 2.50. The van der Waals surface area contributed by atoms with Crippen molar-refractivity contribution in [3.05, 3.63) is 65.2 Å². The van der Waals surface area contributed by atoms with Crippen molar-refractivity contribution in [3.63, 3.8) is 0 Å². The quantitative estimate of drug-likeness (QED) is 0.835. The summed E-state index contributed by atoms with van der Waals surface area (Å²) in [4.78, 5) is 0. The molecule has 2 rings (SSSR count). The van der Waals surface area contributed by atoms with E-state index >= 15 is 0 Å². The van der Waals surface area contributed by atoms with Crippen molar-refractivity contribution >= 4 is 0 Å². The number of rotatable bonds is 3. The molecule has 0 spiro atoms. The van der Waals surface area contributed by atoms with E-state index < -0.39 is 0 Å². The summed E-state index contributed by atoms with van der Waals surface area (Å²) in [5, 5.41) is 9.96. The Morgan fingerprint density at radius 2 is 1.76 bits per heavy atom. The van der Waals surface area contributed by atoms with Crippen LogP contribution in [0.1, 0.15) is 36.5 Å². The van der Waals surface area contributed by atoms with Gasteiger partial charge in [0.15, 0.2) is 0 Å². The monoisotopic (exact) mass is 226 g/mol. The largest absolute Gasteiger partial charge is 0.508 e. The Hall–Kier alpha value is -1.76. The van der Waals surface area contributed by atoms with E-state index in [-0.39, 0.29) is 5.92 Å². The lowest BCUT2D eigenvalue weighted by Gasteiger charge is -2.15. The van der Waals surface area contributed by atoms with Crippen molar-refractivity contribution in [2.45, 2.75) is 26.2 Å². The molecule has 0 radical (unpaired) electrons. The molecule has 2 aromatic rings. The van der Waals surface area contributed by atoms with Crippen LogP contribution in [-0.4, -0.2) is 5.11 Å². The molecule has 0 heterocycles. The van der Waals surface area contributed by atoms with E-state index in [0.717, 1.165) is 12.0 Å². The summed E-state index contributed by atoms with van der Waals surface area (Å²) in [6.07, 6.45) is 0.995. The second-order valence-electron chi connectivity index (χ2n) is 4.38. The summed E-state index contributed by atoms with van der Waals surface area (Å²) in [6, 6.07) is 16.2. The predicted molar refractivity (Wildman–Crippen MR) is 71.4 cm³/mol. The molecule has 0 bridgehead atoms. The van der Waals surface area contributed by atoms with Crippen LogP contribution in [0.5, 0.6) is 5.75 Å². The van der Waals surface area contributed by atoms with E-state index in [9.17, 15) is 5.11 Å².